The second-order valence-corrected chi connectivity index (χ2v) is 3.49. The summed E-state index contributed by atoms with van der Waals surface area (Å²) in [5.74, 6) is 0.749. The molecular formula is C11H19N3. The summed E-state index contributed by atoms with van der Waals surface area (Å²) in [6.07, 6.45) is 8.31. The highest BCUT2D eigenvalue weighted by atomic mass is 15.1. The van der Waals surface area contributed by atoms with Crippen molar-refractivity contribution in [2.75, 3.05) is 5.32 Å². The van der Waals surface area contributed by atoms with Gasteiger partial charge in [0, 0.05) is 18.4 Å². The van der Waals surface area contributed by atoms with Crippen LogP contribution in [0.5, 0.6) is 0 Å². The van der Waals surface area contributed by atoms with Gasteiger partial charge in [-0.1, -0.05) is 26.7 Å². The van der Waals surface area contributed by atoms with Crippen molar-refractivity contribution in [3.05, 3.63) is 18.5 Å². The van der Waals surface area contributed by atoms with Gasteiger partial charge in [-0.15, -0.1) is 0 Å². The number of aromatic nitrogens is 2. The lowest BCUT2D eigenvalue weighted by molar-refractivity contribution is 0.582. The number of nitrogens with one attached hydrogen (secondary N) is 1. The molecule has 78 valence electrons. The van der Waals surface area contributed by atoms with Crippen LogP contribution in [0.25, 0.3) is 0 Å². The Balaban J connectivity index is 2.46. The Kier molecular flexibility index (Phi) is 4.97. The second kappa shape index (κ2) is 6.35. The maximum Gasteiger partial charge on any atom is 0.222 e. The van der Waals surface area contributed by atoms with Gasteiger partial charge in [-0.2, -0.15) is 0 Å². The first-order valence-corrected chi connectivity index (χ1v) is 5.40. The predicted octanol–water partition coefficient (Wildman–Crippen LogP) is 2.86. The van der Waals surface area contributed by atoms with E-state index in [0.717, 1.165) is 5.95 Å². The van der Waals surface area contributed by atoms with Crippen molar-refractivity contribution in [3.63, 3.8) is 0 Å². The first-order chi connectivity index (χ1) is 6.86. The van der Waals surface area contributed by atoms with Crippen LogP contribution in [0.1, 0.15) is 39.5 Å². The van der Waals surface area contributed by atoms with Gasteiger partial charge in [-0.25, -0.2) is 9.97 Å². The summed E-state index contributed by atoms with van der Waals surface area (Å²) in [5.41, 5.74) is 0. The van der Waals surface area contributed by atoms with Crippen molar-refractivity contribution >= 4 is 5.95 Å². The van der Waals surface area contributed by atoms with Crippen molar-refractivity contribution in [3.8, 4) is 0 Å². The Labute approximate surface area is 86.0 Å². The minimum Gasteiger partial charge on any atom is -0.351 e. The molecule has 0 aliphatic carbocycles. The molecule has 0 aromatic carbocycles. The Morgan fingerprint density at radius 2 is 1.71 bits per heavy atom. The number of rotatable bonds is 6. The maximum atomic E-state index is 4.16. The summed E-state index contributed by atoms with van der Waals surface area (Å²) in [6.45, 7) is 4.41. The van der Waals surface area contributed by atoms with Gasteiger partial charge in [0.2, 0.25) is 5.95 Å². The van der Waals surface area contributed by atoms with E-state index in [-0.39, 0.29) is 0 Å². The summed E-state index contributed by atoms with van der Waals surface area (Å²) in [5, 5.41) is 3.36. The molecule has 3 nitrogen and oxygen atoms in total. The molecule has 1 heterocycles. The minimum absolute atomic E-state index is 0.521. The van der Waals surface area contributed by atoms with E-state index in [4.69, 9.17) is 0 Å². The molecule has 0 radical (unpaired) electrons. The Bertz CT molecular complexity index is 230. The number of hydrogen-bond donors (Lipinski definition) is 1. The highest BCUT2D eigenvalue weighted by Gasteiger charge is 2.06. The van der Waals surface area contributed by atoms with Gasteiger partial charge in [0.1, 0.15) is 0 Å². The molecule has 0 atom stereocenters. The number of nitrogens with zero attached hydrogens (tertiary/aromatic N) is 2. The van der Waals surface area contributed by atoms with Gasteiger partial charge in [-0.3, -0.25) is 0 Å². The fourth-order valence-corrected chi connectivity index (χ4v) is 1.54. The van der Waals surface area contributed by atoms with Crippen LogP contribution in [-0.2, 0) is 0 Å². The third-order valence-corrected chi connectivity index (χ3v) is 2.17. The molecule has 0 saturated carbocycles. The fourth-order valence-electron chi connectivity index (χ4n) is 1.54. The van der Waals surface area contributed by atoms with Crippen LogP contribution in [0.3, 0.4) is 0 Å². The molecule has 14 heavy (non-hydrogen) atoms. The SMILES string of the molecule is CCCC(CCC)Nc1ncccn1. The van der Waals surface area contributed by atoms with Crippen LogP contribution in [0.2, 0.25) is 0 Å². The molecule has 1 aromatic rings. The molecule has 0 fully saturated rings. The van der Waals surface area contributed by atoms with Crippen molar-refractivity contribution in [1.82, 2.24) is 9.97 Å². The highest BCUT2D eigenvalue weighted by Crippen LogP contribution is 2.09. The van der Waals surface area contributed by atoms with E-state index in [1.165, 1.54) is 25.7 Å². The molecule has 0 aliphatic heterocycles. The van der Waals surface area contributed by atoms with E-state index in [2.05, 4.69) is 29.1 Å². The molecule has 0 amide bonds. The second-order valence-electron chi connectivity index (χ2n) is 3.49. The van der Waals surface area contributed by atoms with Crippen molar-refractivity contribution in [2.45, 2.75) is 45.6 Å². The smallest absolute Gasteiger partial charge is 0.222 e. The molecule has 0 aliphatic rings. The van der Waals surface area contributed by atoms with E-state index >= 15 is 0 Å². The standard InChI is InChI=1S/C11H19N3/c1-3-6-10(7-4-2)14-11-12-8-5-9-13-11/h5,8-10H,3-4,6-7H2,1-2H3,(H,12,13,14). The lowest BCUT2D eigenvalue weighted by Crippen LogP contribution is -2.20. The number of anilines is 1. The first-order valence-electron chi connectivity index (χ1n) is 5.40. The van der Waals surface area contributed by atoms with Crippen LogP contribution >= 0.6 is 0 Å². The van der Waals surface area contributed by atoms with E-state index in [9.17, 15) is 0 Å². The van der Waals surface area contributed by atoms with Gasteiger partial charge >= 0.3 is 0 Å². The zero-order valence-corrected chi connectivity index (χ0v) is 9.03. The highest BCUT2D eigenvalue weighted by molar-refractivity contribution is 5.23. The van der Waals surface area contributed by atoms with E-state index in [1.807, 2.05) is 6.07 Å². The summed E-state index contributed by atoms with van der Waals surface area (Å²) >= 11 is 0. The van der Waals surface area contributed by atoms with E-state index in [0.29, 0.717) is 6.04 Å². The zero-order chi connectivity index (χ0) is 10.2. The molecule has 0 saturated heterocycles. The largest absolute Gasteiger partial charge is 0.351 e. The average molecular weight is 193 g/mol. The molecule has 1 rings (SSSR count). The molecular weight excluding hydrogens is 174 g/mol. The predicted molar refractivity (Wildman–Crippen MR) is 59.3 cm³/mol. The van der Waals surface area contributed by atoms with Crippen LogP contribution in [0.15, 0.2) is 18.5 Å². The fraction of sp³-hybridized carbons (Fsp3) is 0.636. The van der Waals surface area contributed by atoms with Gasteiger partial charge in [0.25, 0.3) is 0 Å². The molecule has 0 spiro atoms. The lowest BCUT2D eigenvalue weighted by Gasteiger charge is -2.16. The van der Waals surface area contributed by atoms with Crippen LogP contribution < -0.4 is 5.32 Å². The van der Waals surface area contributed by atoms with Gasteiger partial charge in [-0.05, 0) is 18.9 Å². The third kappa shape index (κ3) is 3.73. The van der Waals surface area contributed by atoms with Crippen LogP contribution in [-0.4, -0.2) is 16.0 Å². The zero-order valence-electron chi connectivity index (χ0n) is 9.03. The summed E-state index contributed by atoms with van der Waals surface area (Å²) in [7, 11) is 0. The summed E-state index contributed by atoms with van der Waals surface area (Å²) in [6, 6.07) is 2.35. The molecule has 3 heteroatoms. The third-order valence-electron chi connectivity index (χ3n) is 2.17. The first kappa shape index (κ1) is 11.0. The van der Waals surface area contributed by atoms with Crippen molar-refractivity contribution in [1.29, 1.82) is 0 Å². The molecule has 0 bridgehead atoms. The number of hydrogen-bond acceptors (Lipinski definition) is 3. The van der Waals surface area contributed by atoms with E-state index < -0.39 is 0 Å². The van der Waals surface area contributed by atoms with Gasteiger partial charge in [0.05, 0.1) is 0 Å². The van der Waals surface area contributed by atoms with Crippen molar-refractivity contribution in [2.24, 2.45) is 0 Å². The van der Waals surface area contributed by atoms with Crippen LogP contribution in [0.4, 0.5) is 5.95 Å². The molecule has 1 aromatic heterocycles. The minimum atomic E-state index is 0.521. The van der Waals surface area contributed by atoms with Gasteiger partial charge < -0.3 is 5.32 Å². The summed E-state index contributed by atoms with van der Waals surface area (Å²) < 4.78 is 0. The lowest BCUT2D eigenvalue weighted by atomic mass is 10.1. The molecule has 1 N–H and O–H groups in total. The Morgan fingerprint density at radius 1 is 1.14 bits per heavy atom. The van der Waals surface area contributed by atoms with Crippen molar-refractivity contribution < 1.29 is 0 Å². The normalized spacial score (nSPS) is 10.5. The van der Waals surface area contributed by atoms with Gasteiger partial charge in [0.15, 0.2) is 0 Å². The van der Waals surface area contributed by atoms with Crippen LogP contribution in [0, 0.1) is 0 Å². The molecule has 0 unspecified atom stereocenters. The summed E-state index contributed by atoms with van der Waals surface area (Å²) in [4.78, 5) is 8.32. The quantitative estimate of drug-likeness (QED) is 0.755. The average Bonchev–Trinajstić information content (AvgIpc) is 2.20. The Morgan fingerprint density at radius 3 is 2.21 bits per heavy atom. The van der Waals surface area contributed by atoms with E-state index in [1.54, 1.807) is 12.4 Å². The Hall–Kier alpha value is -1.12. The maximum absolute atomic E-state index is 4.16. The topological polar surface area (TPSA) is 37.8 Å². The monoisotopic (exact) mass is 193 g/mol.